The molecule has 0 N–H and O–H groups in total. The highest BCUT2D eigenvalue weighted by atomic mass is 35.5. The van der Waals surface area contributed by atoms with Gasteiger partial charge in [0.2, 0.25) is 0 Å². The molecule has 28 heavy (non-hydrogen) atoms. The van der Waals surface area contributed by atoms with Crippen LogP contribution in [0, 0.1) is 0 Å². The van der Waals surface area contributed by atoms with E-state index in [0.29, 0.717) is 41.4 Å². The van der Waals surface area contributed by atoms with Gasteiger partial charge < -0.3 is 18.9 Å². The zero-order valence-corrected chi connectivity index (χ0v) is 17.7. The molecular formula is C21H24Cl2O5. The van der Waals surface area contributed by atoms with Crippen LogP contribution in [0.5, 0.6) is 11.5 Å². The minimum Gasteiger partial charge on any atom is -0.496 e. The zero-order valence-electron chi connectivity index (χ0n) is 16.2. The van der Waals surface area contributed by atoms with Crippen LogP contribution in [0.1, 0.15) is 37.5 Å². The second kappa shape index (κ2) is 11.1. The highest BCUT2D eigenvalue weighted by Gasteiger charge is 2.21. The van der Waals surface area contributed by atoms with Crippen LogP contribution in [0.4, 0.5) is 0 Å². The Hall–Kier alpha value is -1.95. The van der Waals surface area contributed by atoms with Gasteiger partial charge in [-0.25, -0.2) is 0 Å². The molecule has 152 valence electrons. The van der Waals surface area contributed by atoms with E-state index < -0.39 is 6.10 Å². The van der Waals surface area contributed by atoms with Crippen LogP contribution in [-0.4, -0.2) is 26.3 Å². The molecule has 2 rings (SSSR count). The van der Waals surface area contributed by atoms with Gasteiger partial charge in [-0.1, -0.05) is 29.3 Å². The molecule has 0 saturated heterocycles. The lowest BCUT2D eigenvalue weighted by atomic mass is 10.0. The summed E-state index contributed by atoms with van der Waals surface area (Å²) >= 11 is 12.0. The normalized spacial score (nSPS) is 11.8. The van der Waals surface area contributed by atoms with Crippen LogP contribution in [0.25, 0.3) is 0 Å². The van der Waals surface area contributed by atoms with Gasteiger partial charge in [0.25, 0.3) is 0 Å². The molecular weight excluding hydrogens is 403 g/mol. The van der Waals surface area contributed by atoms with Crippen LogP contribution in [0.15, 0.2) is 36.4 Å². The molecule has 7 heteroatoms. The van der Waals surface area contributed by atoms with E-state index in [1.54, 1.807) is 32.2 Å². The van der Waals surface area contributed by atoms with Crippen molar-refractivity contribution in [3.05, 3.63) is 57.6 Å². The first-order chi connectivity index (χ1) is 13.5. The van der Waals surface area contributed by atoms with Crippen molar-refractivity contribution < 1.29 is 23.7 Å². The summed E-state index contributed by atoms with van der Waals surface area (Å²) in [6.45, 7) is 4.77. The largest absolute Gasteiger partial charge is 0.496 e. The van der Waals surface area contributed by atoms with Crippen molar-refractivity contribution in [3.63, 3.8) is 0 Å². The number of esters is 1. The van der Waals surface area contributed by atoms with Crippen LogP contribution in [0.3, 0.4) is 0 Å². The quantitative estimate of drug-likeness (QED) is 0.461. The smallest absolute Gasteiger partial charge is 0.308 e. The van der Waals surface area contributed by atoms with Gasteiger partial charge in [-0.15, -0.1) is 0 Å². The van der Waals surface area contributed by atoms with E-state index in [1.807, 2.05) is 25.1 Å². The summed E-state index contributed by atoms with van der Waals surface area (Å²) < 4.78 is 22.1. The summed E-state index contributed by atoms with van der Waals surface area (Å²) in [5, 5.41) is 0.981. The third-order valence-corrected chi connectivity index (χ3v) is 4.71. The van der Waals surface area contributed by atoms with E-state index >= 15 is 0 Å². The Bertz CT molecular complexity index is 794. The minimum atomic E-state index is -0.455. The first kappa shape index (κ1) is 22.3. The van der Waals surface area contributed by atoms with Gasteiger partial charge >= 0.3 is 5.97 Å². The average Bonchev–Trinajstić information content (AvgIpc) is 2.68. The molecule has 1 atom stereocenters. The molecule has 0 aliphatic heterocycles. The summed E-state index contributed by atoms with van der Waals surface area (Å²) in [7, 11) is 1.56. The third kappa shape index (κ3) is 6.30. The van der Waals surface area contributed by atoms with Crippen LogP contribution >= 0.6 is 23.2 Å². The Morgan fingerprint density at radius 2 is 1.82 bits per heavy atom. The summed E-state index contributed by atoms with van der Waals surface area (Å²) in [4.78, 5) is 11.9. The number of hydrogen-bond donors (Lipinski definition) is 0. The van der Waals surface area contributed by atoms with E-state index in [2.05, 4.69) is 0 Å². The second-order valence-electron chi connectivity index (χ2n) is 5.89. The molecule has 2 aromatic carbocycles. The van der Waals surface area contributed by atoms with Crippen molar-refractivity contribution in [3.8, 4) is 11.5 Å². The fourth-order valence-corrected chi connectivity index (χ4v) is 3.00. The van der Waals surface area contributed by atoms with Crippen LogP contribution < -0.4 is 9.47 Å². The lowest BCUT2D eigenvalue weighted by molar-refractivity contribution is -0.146. The standard InChI is InChI=1S/C21H24Cl2O5/c1-4-26-20(12-21(24)27-5-2)16-8-7-15(11-19(16)25-3)28-13-14-6-9-17(22)18(23)10-14/h6-11,20H,4-5,12-13H2,1-3H3. The van der Waals surface area contributed by atoms with E-state index in [-0.39, 0.29) is 12.4 Å². The van der Waals surface area contributed by atoms with Gasteiger partial charge in [0.1, 0.15) is 18.1 Å². The Morgan fingerprint density at radius 1 is 1.04 bits per heavy atom. The molecule has 0 heterocycles. The molecule has 2 aromatic rings. The van der Waals surface area contributed by atoms with Crippen molar-refractivity contribution in [2.45, 2.75) is 33.0 Å². The van der Waals surface area contributed by atoms with Gasteiger partial charge in [0.05, 0.1) is 36.3 Å². The van der Waals surface area contributed by atoms with Gasteiger partial charge in [0.15, 0.2) is 0 Å². The Balaban J connectivity index is 2.14. The van der Waals surface area contributed by atoms with E-state index in [9.17, 15) is 4.79 Å². The molecule has 0 aromatic heterocycles. The molecule has 0 radical (unpaired) electrons. The molecule has 0 spiro atoms. The monoisotopic (exact) mass is 426 g/mol. The van der Waals surface area contributed by atoms with Crippen molar-refractivity contribution in [2.24, 2.45) is 0 Å². The van der Waals surface area contributed by atoms with Crippen LogP contribution in [0.2, 0.25) is 10.0 Å². The summed E-state index contributed by atoms with van der Waals surface area (Å²) in [6, 6.07) is 10.8. The van der Waals surface area contributed by atoms with Gasteiger partial charge in [0, 0.05) is 18.2 Å². The Labute approximate surface area is 175 Å². The van der Waals surface area contributed by atoms with E-state index in [0.717, 1.165) is 11.1 Å². The zero-order chi connectivity index (χ0) is 20.5. The first-order valence-corrected chi connectivity index (χ1v) is 9.75. The lowest BCUT2D eigenvalue weighted by Gasteiger charge is -2.20. The highest BCUT2D eigenvalue weighted by Crippen LogP contribution is 2.34. The molecule has 0 bridgehead atoms. The van der Waals surface area contributed by atoms with Crippen molar-refractivity contribution in [1.82, 2.24) is 0 Å². The maximum atomic E-state index is 11.9. The highest BCUT2D eigenvalue weighted by molar-refractivity contribution is 6.42. The second-order valence-corrected chi connectivity index (χ2v) is 6.71. The molecule has 0 aliphatic carbocycles. The summed E-state index contributed by atoms with van der Waals surface area (Å²) in [6.07, 6.45) is -0.343. The summed E-state index contributed by atoms with van der Waals surface area (Å²) in [5.74, 6) is 0.885. The minimum absolute atomic E-state index is 0.113. The average molecular weight is 427 g/mol. The number of ether oxygens (including phenoxy) is 4. The number of hydrogen-bond acceptors (Lipinski definition) is 5. The van der Waals surface area contributed by atoms with Crippen molar-refractivity contribution in [1.29, 1.82) is 0 Å². The van der Waals surface area contributed by atoms with Gasteiger partial charge in [-0.3, -0.25) is 4.79 Å². The number of halogens is 2. The number of carbonyl (C=O) groups is 1. The maximum absolute atomic E-state index is 11.9. The molecule has 0 saturated carbocycles. The Kier molecular flexibility index (Phi) is 8.90. The van der Waals surface area contributed by atoms with E-state index in [4.69, 9.17) is 42.1 Å². The van der Waals surface area contributed by atoms with E-state index in [1.165, 1.54) is 0 Å². The van der Waals surface area contributed by atoms with Gasteiger partial charge in [-0.05, 0) is 43.7 Å². The molecule has 0 fully saturated rings. The fourth-order valence-electron chi connectivity index (χ4n) is 2.67. The van der Waals surface area contributed by atoms with Crippen molar-refractivity contribution in [2.75, 3.05) is 20.3 Å². The summed E-state index contributed by atoms with van der Waals surface area (Å²) in [5.41, 5.74) is 1.66. The van der Waals surface area contributed by atoms with Gasteiger partial charge in [-0.2, -0.15) is 0 Å². The SMILES string of the molecule is CCOC(=O)CC(OCC)c1ccc(OCc2ccc(Cl)c(Cl)c2)cc1OC. The topological polar surface area (TPSA) is 54.0 Å². The predicted octanol–water partition coefficient (Wildman–Crippen LogP) is 5.61. The lowest BCUT2D eigenvalue weighted by Crippen LogP contribution is -2.14. The fraction of sp³-hybridized carbons (Fsp3) is 0.381. The molecule has 5 nitrogen and oxygen atoms in total. The maximum Gasteiger partial charge on any atom is 0.308 e. The predicted molar refractivity (Wildman–Crippen MR) is 109 cm³/mol. The Morgan fingerprint density at radius 3 is 2.46 bits per heavy atom. The molecule has 0 amide bonds. The number of carbonyl (C=O) groups excluding carboxylic acids is 1. The number of benzene rings is 2. The molecule has 1 unspecified atom stereocenters. The number of methoxy groups -OCH3 is 1. The molecule has 0 aliphatic rings. The third-order valence-electron chi connectivity index (χ3n) is 3.97. The first-order valence-electron chi connectivity index (χ1n) is 9.00. The van der Waals surface area contributed by atoms with Crippen LogP contribution in [-0.2, 0) is 20.9 Å². The van der Waals surface area contributed by atoms with Crippen molar-refractivity contribution >= 4 is 29.2 Å². The number of rotatable bonds is 10.